The fourth-order valence-electron chi connectivity index (χ4n) is 1.63. The van der Waals surface area contributed by atoms with Crippen LogP contribution in [0.4, 0.5) is 0 Å². The lowest BCUT2D eigenvalue weighted by atomic mass is 10.0. The van der Waals surface area contributed by atoms with Crippen molar-refractivity contribution in [3.63, 3.8) is 0 Å². The third-order valence-corrected chi connectivity index (χ3v) is 2.81. The zero-order valence-corrected chi connectivity index (χ0v) is 10.2. The lowest BCUT2D eigenvalue weighted by molar-refractivity contribution is 0.0990. The van der Waals surface area contributed by atoms with Crippen molar-refractivity contribution in [2.24, 2.45) is 0 Å². The van der Waals surface area contributed by atoms with Gasteiger partial charge in [-0.05, 0) is 35.9 Å². The zero-order chi connectivity index (χ0) is 13.1. The minimum absolute atomic E-state index is 0.0488. The second-order valence-corrected chi connectivity index (χ2v) is 4.36. The molecule has 0 atom stereocenters. The maximum atomic E-state index is 12.0. The van der Waals surface area contributed by atoms with Crippen LogP contribution in [0.1, 0.15) is 15.9 Å². The Hall–Kier alpha value is -2.00. The van der Waals surface area contributed by atoms with Gasteiger partial charge in [-0.3, -0.25) is 4.79 Å². The Morgan fingerprint density at radius 2 is 1.72 bits per heavy atom. The number of hydrogen-bond acceptors (Lipinski definition) is 3. The molecule has 4 heteroatoms. The van der Waals surface area contributed by atoms with E-state index in [4.69, 9.17) is 11.6 Å². The summed E-state index contributed by atoms with van der Waals surface area (Å²) in [6.45, 7) is 0. The summed E-state index contributed by atoms with van der Waals surface area (Å²) in [4.78, 5) is 12.0. The highest BCUT2D eigenvalue weighted by atomic mass is 35.5. The van der Waals surface area contributed by atoms with Crippen molar-refractivity contribution in [3.8, 4) is 11.5 Å². The van der Waals surface area contributed by atoms with E-state index < -0.39 is 0 Å². The molecule has 2 N–H and O–H groups in total. The molecular weight excluding hydrogens is 252 g/mol. The van der Waals surface area contributed by atoms with Gasteiger partial charge in [0.1, 0.15) is 11.5 Å². The third-order valence-electron chi connectivity index (χ3n) is 2.56. The van der Waals surface area contributed by atoms with Crippen LogP contribution in [-0.4, -0.2) is 16.0 Å². The third kappa shape index (κ3) is 2.81. The minimum Gasteiger partial charge on any atom is -0.508 e. The number of Topliss-reactive ketones (excluding diaryl/α,β-unsaturated/α-hetero) is 1. The van der Waals surface area contributed by atoms with E-state index in [1.807, 2.05) is 0 Å². The summed E-state index contributed by atoms with van der Waals surface area (Å²) in [5, 5.41) is 19.5. The van der Waals surface area contributed by atoms with Crippen LogP contribution in [-0.2, 0) is 6.42 Å². The van der Waals surface area contributed by atoms with E-state index in [2.05, 4.69) is 0 Å². The molecule has 2 aromatic carbocycles. The number of halogens is 1. The molecule has 0 aliphatic rings. The van der Waals surface area contributed by atoms with Crippen molar-refractivity contribution < 1.29 is 15.0 Å². The van der Waals surface area contributed by atoms with Crippen molar-refractivity contribution in [3.05, 3.63) is 58.6 Å². The summed E-state index contributed by atoms with van der Waals surface area (Å²) in [6.07, 6.45) is 0.147. The van der Waals surface area contributed by atoms with Crippen LogP contribution in [0.25, 0.3) is 0 Å². The molecule has 0 saturated heterocycles. The topological polar surface area (TPSA) is 57.5 Å². The van der Waals surface area contributed by atoms with Crippen LogP contribution in [0.3, 0.4) is 0 Å². The van der Waals surface area contributed by atoms with Gasteiger partial charge in [-0.25, -0.2) is 0 Å². The van der Waals surface area contributed by atoms with Crippen LogP contribution >= 0.6 is 11.6 Å². The summed E-state index contributed by atoms with van der Waals surface area (Å²) in [5.74, 6) is -0.440. The number of carbonyl (C=O) groups is 1. The first-order valence-electron chi connectivity index (χ1n) is 5.36. The van der Waals surface area contributed by atoms with Crippen LogP contribution in [0.5, 0.6) is 11.5 Å². The Balaban J connectivity index is 2.21. The standard InChI is InChI=1S/C14H11ClO3/c15-10-3-1-9(2-4-10)7-14(18)12-8-11(16)5-6-13(12)17/h1-6,8,16-17H,7H2. The van der Waals surface area contributed by atoms with Crippen LogP contribution in [0.15, 0.2) is 42.5 Å². The Bertz CT molecular complexity index is 576. The zero-order valence-electron chi connectivity index (χ0n) is 9.43. The average Bonchev–Trinajstić information content (AvgIpc) is 2.35. The molecule has 2 rings (SSSR count). The highest BCUT2D eigenvalue weighted by Crippen LogP contribution is 2.23. The Morgan fingerprint density at radius 3 is 2.39 bits per heavy atom. The number of phenols is 2. The monoisotopic (exact) mass is 262 g/mol. The first-order valence-corrected chi connectivity index (χ1v) is 5.73. The fraction of sp³-hybridized carbons (Fsp3) is 0.0714. The minimum atomic E-state index is -0.259. The van der Waals surface area contributed by atoms with Gasteiger partial charge in [0.2, 0.25) is 0 Å². The number of hydrogen-bond donors (Lipinski definition) is 2. The molecule has 0 fully saturated rings. The van der Waals surface area contributed by atoms with Crippen molar-refractivity contribution >= 4 is 17.4 Å². The Labute approximate surface area is 109 Å². The Morgan fingerprint density at radius 1 is 1.06 bits per heavy atom. The van der Waals surface area contributed by atoms with Gasteiger partial charge in [0.15, 0.2) is 5.78 Å². The van der Waals surface area contributed by atoms with Gasteiger partial charge in [0, 0.05) is 11.4 Å². The van der Waals surface area contributed by atoms with Gasteiger partial charge in [-0.2, -0.15) is 0 Å². The summed E-state index contributed by atoms with van der Waals surface area (Å²) < 4.78 is 0. The van der Waals surface area contributed by atoms with E-state index in [1.54, 1.807) is 24.3 Å². The summed E-state index contributed by atoms with van der Waals surface area (Å²) in [5.41, 5.74) is 0.914. The molecule has 0 aliphatic carbocycles. The van der Waals surface area contributed by atoms with Crippen LogP contribution in [0.2, 0.25) is 5.02 Å². The summed E-state index contributed by atoms with van der Waals surface area (Å²) in [6, 6.07) is 10.8. The lowest BCUT2D eigenvalue weighted by Gasteiger charge is -2.05. The number of carbonyl (C=O) groups excluding carboxylic acids is 1. The van der Waals surface area contributed by atoms with Crippen molar-refractivity contribution in [2.45, 2.75) is 6.42 Å². The highest BCUT2D eigenvalue weighted by molar-refractivity contribution is 6.30. The number of benzene rings is 2. The van der Waals surface area contributed by atoms with Gasteiger partial charge in [0.05, 0.1) is 5.56 Å². The molecule has 0 spiro atoms. The normalized spacial score (nSPS) is 10.3. The predicted molar refractivity (Wildman–Crippen MR) is 69.3 cm³/mol. The Kier molecular flexibility index (Phi) is 3.53. The molecule has 0 amide bonds. The number of rotatable bonds is 3. The maximum absolute atomic E-state index is 12.0. The highest BCUT2D eigenvalue weighted by Gasteiger charge is 2.12. The molecular formula is C14H11ClO3. The molecule has 3 nitrogen and oxygen atoms in total. The van der Waals surface area contributed by atoms with Gasteiger partial charge in [0.25, 0.3) is 0 Å². The van der Waals surface area contributed by atoms with Crippen LogP contribution in [0, 0.1) is 0 Å². The molecule has 0 bridgehead atoms. The summed E-state index contributed by atoms with van der Waals surface area (Å²) in [7, 11) is 0. The number of ketones is 1. The van der Waals surface area contributed by atoms with E-state index >= 15 is 0 Å². The van der Waals surface area contributed by atoms with Crippen molar-refractivity contribution in [1.82, 2.24) is 0 Å². The molecule has 0 radical (unpaired) electrons. The van der Waals surface area contributed by atoms with Gasteiger partial charge >= 0.3 is 0 Å². The molecule has 2 aromatic rings. The smallest absolute Gasteiger partial charge is 0.171 e. The van der Waals surface area contributed by atoms with E-state index in [1.165, 1.54) is 18.2 Å². The molecule has 92 valence electrons. The first kappa shape index (κ1) is 12.5. The van der Waals surface area contributed by atoms with Gasteiger partial charge in [-0.15, -0.1) is 0 Å². The van der Waals surface area contributed by atoms with Gasteiger partial charge < -0.3 is 10.2 Å². The van der Waals surface area contributed by atoms with E-state index in [-0.39, 0.29) is 29.3 Å². The van der Waals surface area contributed by atoms with E-state index in [9.17, 15) is 15.0 Å². The van der Waals surface area contributed by atoms with Crippen molar-refractivity contribution in [1.29, 1.82) is 0 Å². The molecule has 0 saturated carbocycles. The predicted octanol–water partition coefficient (Wildman–Crippen LogP) is 3.18. The molecule has 0 heterocycles. The van der Waals surface area contributed by atoms with E-state index in [0.717, 1.165) is 5.56 Å². The second kappa shape index (κ2) is 5.10. The van der Waals surface area contributed by atoms with Gasteiger partial charge in [-0.1, -0.05) is 23.7 Å². The second-order valence-electron chi connectivity index (χ2n) is 3.93. The van der Waals surface area contributed by atoms with Crippen LogP contribution < -0.4 is 0 Å². The SMILES string of the molecule is O=C(Cc1ccc(Cl)cc1)c1cc(O)ccc1O. The summed E-state index contributed by atoms with van der Waals surface area (Å²) >= 11 is 5.75. The molecule has 0 aromatic heterocycles. The maximum Gasteiger partial charge on any atom is 0.171 e. The molecule has 18 heavy (non-hydrogen) atoms. The largest absolute Gasteiger partial charge is 0.508 e. The molecule has 0 unspecified atom stereocenters. The molecule has 0 aliphatic heterocycles. The lowest BCUT2D eigenvalue weighted by Crippen LogP contribution is -2.03. The fourth-order valence-corrected chi connectivity index (χ4v) is 1.76. The van der Waals surface area contributed by atoms with E-state index in [0.29, 0.717) is 5.02 Å². The first-order chi connectivity index (χ1) is 8.56. The average molecular weight is 263 g/mol. The van der Waals surface area contributed by atoms with Crippen molar-refractivity contribution in [2.75, 3.05) is 0 Å². The number of phenolic OH excluding ortho intramolecular Hbond substituents is 2. The number of aromatic hydroxyl groups is 2. The quantitative estimate of drug-likeness (QED) is 0.660.